The van der Waals surface area contributed by atoms with E-state index < -0.39 is 10.5 Å². The van der Waals surface area contributed by atoms with Crippen LogP contribution in [0.1, 0.15) is 20.3 Å². The van der Waals surface area contributed by atoms with Gasteiger partial charge in [-0.2, -0.15) is 0 Å². The average Bonchev–Trinajstić information content (AvgIpc) is 2.27. The molecule has 1 atom stereocenters. The van der Waals surface area contributed by atoms with E-state index >= 15 is 0 Å². The number of nitrogens with zero attached hydrogens (tertiary/aromatic N) is 1. The van der Waals surface area contributed by atoms with Crippen LogP contribution in [-0.2, 0) is 0 Å². The fraction of sp³-hybridized carbons (Fsp3) is 0.455. The Hall–Kier alpha value is -1.62. The van der Waals surface area contributed by atoms with Gasteiger partial charge in [-0.15, -0.1) is 0 Å². The molecule has 1 N–H and O–H groups in total. The normalized spacial score (nSPS) is 14.2. The van der Waals surface area contributed by atoms with Crippen molar-refractivity contribution < 1.29 is 14.8 Å². The van der Waals surface area contributed by atoms with Crippen LogP contribution in [0.15, 0.2) is 24.3 Å². The van der Waals surface area contributed by atoms with Crippen molar-refractivity contribution in [3.05, 3.63) is 34.4 Å². The van der Waals surface area contributed by atoms with Gasteiger partial charge in [-0.1, -0.05) is 6.92 Å². The van der Waals surface area contributed by atoms with Crippen LogP contribution in [-0.4, -0.2) is 22.2 Å². The van der Waals surface area contributed by atoms with Gasteiger partial charge in [-0.25, -0.2) is 0 Å². The maximum Gasteiger partial charge on any atom is 0.269 e. The van der Waals surface area contributed by atoms with Gasteiger partial charge in [0.2, 0.25) is 0 Å². The van der Waals surface area contributed by atoms with E-state index in [1.807, 2.05) is 6.92 Å². The molecule has 0 aromatic heterocycles. The number of hydrogen-bond donors (Lipinski definition) is 1. The van der Waals surface area contributed by atoms with Crippen LogP contribution in [0.5, 0.6) is 5.75 Å². The van der Waals surface area contributed by atoms with Gasteiger partial charge in [0, 0.05) is 12.1 Å². The molecule has 0 spiro atoms. The molecule has 0 saturated carbocycles. The van der Waals surface area contributed by atoms with Gasteiger partial charge in [0.25, 0.3) is 5.69 Å². The highest BCUT2D eigenvalue weighted by molar-refractivity contribution is 5.35. The van der Waals surface area contributed by atoms with Gasteiger partial charge < -0.3 is 9.84 Å². The molecule has 0 amide bonds. The Labute approximate surface area is 93.8 Å². The Morgan fingerprint density at radius 3 is 2.44 bits per heavy atom. The zero-order valence-corrected chi connectivity index (χ0v) is 9.34. The van der Waals surface area contributed by atoms with Gasteiger partial charge in [0.05, 0.1) is 10.5 Å². The second kappa shape index (κ2) is 4.94. The summed E-state index contributed by atoms with van der Waals surface area (Å²) in [4.78, 5) is 9.93. The van der Waals surface area contributed by atoms with Gasteiger partial charge in [-0.05, 0) is 25.5 Å². The molecule has 1 aromatic carbocycles. The second-order valence-electron chi connectivity index (χ2n) is 3.89. The summed E-state index contributed by atoms with van der Waals surface area (Å²) in [7, 11) is 0. The Bertz CT molecular complexity index is 359. The minimum absolute atomic E-state index is 0.0228. The lowest BCUT2D eigenvalue weighted by molar-refractivity contribution is -0.384. The topological polar surface area (TPSA) is 72.6 Å². The number of benzene rings is 1. The zero-order valence-electron chi connectivity index (χ0n) is 9.34. The number of rotatable bonds is 5. The molecule has 1 aromatic rings. The Kier molecular flexibility index (Phi) is 3.84. The first-order chi connectivity index (χ1) is 7.44. The number of aliphatic hydroxyl groups is 1. The summed E-state index contributed by atoms with van der Waals surface area (Å²) in [5.41, 5.74) is -0.850. The largest absolute Gasteiger partial charge is 0.491 e. The lowest BCUT2D eigenvalue weighted by Crippen LogP contribution is -2.31. The van der Waals surface area contributed by atoms with Crippen molar-refractivity contribution in [2.45, 2.75) is 25.9 Å². The van der Waals surface area contributed by atoms with E-state index in [2.05, 4.69) is 0 Å². The molecule has 0 radical (unpaired) electrons. The van der Waals surface area contributed by atoms with Crippen LogP contribution in [0.3, 0.4) is 0 Å². The Morgan fingerprint density at radius 2 is 2.00 bits per heavy atom. The molecular weight excluding hydrogens is 210 g/mol. The third-order valence-electron chi connectivity index (χ3n) is 2.36. The highest BCUT2D eigenvalue weighted by Crippen LogP contribution is 2.19. The molecule has 0 aliphatic carbocycles. The molecule has 0 fully saturated rings. The Balaban J connectivity index is 2.59. The molecule has 5 heteroatoms. The second-order valence-corrected chi connectivity index (χ2v) is 3.89. The highest BCUT2D eigenvalue weighted by atomic mass is 16.6. The van der Waals surface area contributed by atoms with Crippen molar-refractivity contribution in [2.75, 3.05) is 6.61 Å². The number of nitro benzene ring substituents is 1. The first-order valence-corrected chi connectivity index (χ1v) is 5.04. The average molecular weight is 225 g/mol. The fourth-order valence-corrected chi connectivity index (χ4v) is 1.00. The summed E-state index contributed by atoms with van der Waals surface area (Å²) in [5.74, 6) is 0.513. The Morgan fingerprint density at radius 1 is 1.44 bits per heavy atom. The van der Waals surface area contributed by atoms with E-state index in [1.165, 1.54) is 24.3 Å². The fourth-order valence-electron chi connectivity index (χ4n) is 1.00. The molecule has 0 bridgehead atoms. The SMILES string of the molecule is CCC(C)(O)COc1ccc([N+](=O)[O-])cc1. The van der Waals surface area contributed by atoms with Crippen LogP contribution in [0, 0.1) is 10.1 Å². The van der Waals surface area contributed by atoms with Gasteiger partial charge in [0.1, 0.15) is 12.4 Å². The maximum absolute atomic E-state index is 10.4. The molecule has 0 aliphatic heterocycles. The number of ether oxygens (including phenoxy) is 1. The van der Waals surface area contributed by atoms with Crippen molar-refractivity contribution in [1.82, 2.24) is 0 Å². The summed E-state index contributed by atoms with van der Waals surface area (Å²) in [6.07, 6.45) is 0.583. The number of non-ortho nitro benzene ring substituents is 1. The summed E-state index contributed by atoms with van der Waals surface area (Å²) in [5, 5.41) is 20.1. The molecule has 0 heterocycles. The van der Waals surface area contributed by atoms with Crippen molar-refractivity contribution >= 4 is 5.69 Å². The summed E-state index contributed by atoms with van der Waals surface area (Å²) in [6.45, 7) is 3.71. The first kappa shape index (κ1) is 12.4. The number of hydrogen-bond acceptors (Lipinski definition) is 4. The molecule has 0 aliphatic rings. The predicted molar refractivity (Wildman–Crippen MR) is 59.5 cm³/mol. The number of nitro groups is 1. The summed E-state index contributed by atoms with van der Waals surface area (Å²) >= 11 is 0. The van der Waals surface area contributed by atoms with Crippen molar-refractivity contribution in [3.8, 4) is 5.75 Å². The van der Waals surface area contributed by atoms with Crippen molar-refractivity contribution in [1.29, 1.82) is 0 Å². The molecule has 1 rings (SSSR count). The van der Waals surface area contributed by atoms with E-state index in [0.717, 1.165) is 0 Å². The maximum atomic E-state index is 10.4. The lowest BCUT2D eigenvalue weighted by atomic mass is 10.1. The van der Waals surface area contributed by atoms with Gasteiger partial charge in [-0.3, -0.25) is 10.1 Å². The lowest BCUT2D eigenvalue weighted by Gasteiger charge is -2.21. The van der Waals surface area contributed by atoms with Crippen molar-refractivity contribution in [2.24, 2.45) is 0 Å². The zero-order chi connectivity index (χ0) is 12.2. The minimum Gasteiger partial charge on any atom is -0.491 e. The summed E-state index contributed by atoms with van der Waals surface area (Å²) in [6, 6.07) is 5.78. The standard InChI is InChI=1S/C11H15NO4/c1-3-11(2,13)8-16-10-6-4-9(5-7-10)12(14)15/h4-7,13H,3,8H2,1-2H3. The minimum atomic E-state index is -0.873. The van der Waals surface area contributed by atoms with Crippen LogP contribution in [0.4, 0.5) is 5.69 Å². The van der Waals surface area contributed by atoms with Gasteiger partial charge >= 0.3 is 0 Å². The quantitative estimate of drug-likeness (QED) is 0.615. The van der Waals surface area contributed by atoms with E-state index in [9.17, 15) is 15.2 Å². The molecule has 0 saturated heterocycles. The van der Waals surface area contributed by atoms with Crippen LogP contribution in [0.2, 0.25) is 0 Å². The van der Waals surface area contributed by atoms with Crippen LogP contribution in [0.25, 0.3) is 0 Å². The predicted octanol–water partition coefficient (Wildman–Crippen LogP) is 2.13. The third-order valence-corrected chi connectivity index (χ3v) is 2.36. The van der Waals surface area contributed by atoms with Gasteiger partial charge in [0.15, 0.2) is 0 Å². The molecule has 1 unspecified atom stereocenters. The van der Waals surface area contributed by atoms with Crippen LogP contribution >= 0.6 is 0 Å². The third kappa shape index (κ3) is 3.51. The molecule has 5 nitrogen and oxygen atoms in total. The molecular formula is C11H15NO4. The molecule has 16 heavy (non-hydrogen) atoms. The highest BCUT2D eigenvalue weighted by Gasteiger charge is 2.18. The van der Waals surface area contributed by atoms with E-state index in [4.69, 9.17) is 4.74 Å². The van der Waals surface area contributed by atoms with E-state index in [1.54, 1.807) is 6.92 Å². The summed E-state index contributed by atoms with van der Waals surface area (Å²) < 4.78 is 5.32. The van der Waals surface area contributed by atoms with E-state index in [0.29, 0.717) is 12.2 Å². The van der Waals surface area contributed by atoms with E-state index in [-0.39, 0.29) is 12.3 Å². The smallest absolute Gasteiger partial charge is 0.269 e. The monoisotopic (exact) mass is 225 g/mol. The van der Waals surface area contributed by atoms with Crippen LogP contribution < -0.4 is 4.74 Å². The first-order valence-electron chi connectivity index (χ1n) is 5.04. The molecule has 88 valence electrons. The van der Waals surface area contributed by atoms with Crippen molar-refractivity contribution in [3.63, 3.8) is 0 Å².